The Morgan fingerprint density at radius 1 is 1.04 bits per heavy atom. The van der Waals surface area contributed by atoms with Gasteiger partial charge in [-0.2, -0.15) is 0 Å². The predicted molar refractivity (Wildman–Crippen MR) is 112 cm³/mol. The summed E-state index contributed by atoms with van der Waals surface area (Å²) in [5, 5.41) is 7.11. The normalized spacial score (nSPS) is 12.8. The van der Waals surface area contributed by atoms with Crippen LogP contribution in [-0.2, 0) is 0 Å². The minimum Gasteiger partial charge on any atom is -0.497 e. The number of thiocarbonyl (C=S) groups is 1. The molecule has 0 aliphatic carbocycles. The fourth-order valence-corrected chi connectivity index (χ4v) is 3.04. The Morgan fingerprint density at radius 2 is 1.73 bits per heavy atom. The van der Waals surface area contributed by atoms with Crippen molar-refractivity contribution in [2.75, 3.05) is 19.5 Å². The Kier molecular flexibility index (Phi) is 7.27. The second-order valence-electron chi connectivity index (χ2n) is 6.36. The zero-order valence-electron chi connectivity index (χ0n) is 16.1. The summed E-state index contributed by atoms with van der Waals surface area (Å²) >= 11 is 5.47. The van der Waals surface area contributed by atoms with E-state index < -0.39 is 0 Å². The third-order valence-electron chi connectivity index (χ3n) is 4.60. The maximum absolute atomic E-state index is 5.47. The summed E-state index contributed by atoms with van der Waals surface area (Å²) in [6.45, 7) is 6.47. The van der Waals surface area contributed by atoms with E-state index in [0.717, 1.165) is 29.2 Å². The van der Waals surface area contributed by atoms with E-state index in [1.54, 1.807) is 14.2 Å². The van der Waals surface area contributed by atoms with Crippen LogP contribution in [0.5, 0.6) is 11.5 Å². The number of benzene rings is 2. The summed E-state index contributed by atoms with van der Waals surface area (Å²) in [6.07, 6.45) is 1.13. The van der Waals surface area contributed by atoms with Crippen molar-refractivity contribution in [3.63, 3.8) is 0 Å². The highest BCUT2D eigenvalue weighted by atomic mass is 32.1. The maximum atomic E-state index is 5.47. The summed E-state index contributed by atoms with van der Waals surface area (Å²) in [5.41, 5.74) is 3.30. The highest BCUT2D eigenvalue weighted by Crippen LogP contribution is 2.29. The summed E-state index contributed by atoms with van der Waals surface area (Å²) < 4.78 is 10.8. The van der Waals surface area contributed by atoms with Gasteiger partial charge in [0.15, 0.2) is 5.11 Å². The van der Waals surface area contributed by atoms with Crippen molar-refractivity contribution < 1.29 is 9.47 Å². The lowest BCUT2D eigenvalue weighted by molar-refractivity contribution is 0.395. The van der Waals surface area contributed by atoms with E-state index in [-0.39, 0.29) is 6.04 Å². The van der Waals surface area contributed by atoms with E-state index >= 15 is 0 Å². The van der Waals surface area contributed by atoms with E-state index in [1.165, 1.54) is 5.56 Å². The van der Waals surface area contributed by atoms with Crippen molar-refractivity contribution in [1.82, 2.24) is 5.32 Å². The van der Waals surface area contributed by atoms with Crippen LogP contribution in [-0.4, -0.2) is 19.3 Å². The monoisotopic (exact) mass is 372 g/mol. The van der Waals surface area contributed by atoms with Crippen molar-refractivity contribution >= 4 is 23.0 Å². The molecule has 140 valence electrons. The molecule has 5 heteroatoms. The molecule has 0 aliphatic heterocycles. The Labute approximate surface area is 161 Å². The van der Waals surface area contributed by atoms with Crippen molar-refractivity contribution in [2.24, 2.45) is 0 Å². The van der Waals surface area contributed by atoms with Crippen LogP contribution < -0.4 is 20.1 Å². The molecular weight excluding hydrogens is 344 g/mol. The van der Waals surface area contributed by atoms with Crippen LogP contribution in [0.1, 0.15) is 50.3 Å². The first kappa shape index (κ1) is 20.0. The van der Waals surface area contributed by atoms with Crippen LogP contribution in [0.2, 0.25) is 0 Å². The van der Waals surface area contributed by atoms with Gasteiger partial charge in [-0.05, 0) is 67.4 Å². The van der Waals surface area contributed by atoms with Crippen LogP contribution in [0.3, 0.4) is 0 Å². The fourth-order valence-electron chi connectivity index (χ4n) is 2.75. The average Bonchev–Trinajstić information content (AvgIpc) is 2.67. The number of hydrogen-bond donors (Lipinski definition) is 2. The first-order chi connectivity index (χ1) is 12.5. The summed E-state index contributed by atoms with van der Waals surface area (Å²) in [5.74, 6) is 2.15. The van der Waals surface area contributed by atoms with E-state index in [4.69, 9.17) is 21.7 Å². The van der Waals surface area contributed by atoms with Gasteiger partial charge in [-0.3, -0.25) is 0 Å². The van der Waals surface area contributed by atoms with Crippen molar-refractivity contribution in [1.29, 1.82) is 0 Å². The molecule has 0 unspecified atom stereocenters. The molecule has 0 radical (unpaired) electrons. The van der Waals surface area contributed by atoms with Gasteiger partial charge in [0.05, 0.1) is 20.3 Å². The van der Waals surface area contributed by atoms with Crippen LogP contribution in [0.25, 0.3) is 0 Å². The molecule has 0 heterocycles. The molecule has 0 fully saturated rings. The highest BCUT2D eigenvalue weighted by molar-refractivity contribution is 7.80. The predicted octanol–water partition coefficient (Wildman–Crippen LogP) is 5.26. The highest BCUT2D eigenvalue weighted by Gasteiger charge is 2.14. The zero-order valence-corrected chi connectivity index (χ0v) is 16.9. The number of ether oxygens (including phenoxy) is 2. The Morgan fingerprint density at radius 3 is 2.31 bits per heavy atom. The lowest BCUT2D eigenvalue weighted by atomic mass is 9.99. The van der Waals surface area contributed by atoms with Gasteiger partial charge in [-0.1, -0.05) is 26.0 Å². The smallest absolute Gasteiger partial charge is 0.171 e. The van der Waals surface area contributed by atoms with Crippen LogP contribution in [0, 0.1) is 0 Å². The van der Waals surface area contributed by atoms with Crippen LogP contribution >= 0.6 is 12.2 Å². The first-order valence-corrected chi connectivity index (χ1v) is 9.28. The van der Waals surface area contributed by atoms with Gasteiger partial charge in [0.1, 0.15) is 11.5 Å². The molecule has 2 aromatic rings. The second-order valence-corrected chi connectivity index (χ2v) is 6.77. The van der Waals surface area contributed by atoms with Gasteiger partial charge in [-0.15, -0.1) is 0 Å². The molecule has 2 rings (SSSR count). The molecule has 2 aromatic carbocycles. The SMILES string of the molecule is CC[C@H](C)c1ccc(NC(=S)N[C@@H](C)c2cc(OC)ccc2OC)cc1. The van der Waals surface area contributed by atoms with Gasteiger partial charge in [-0.25, -0.2) is 0 Å². The van der Waals surface area contributed by atoms with Crippen molar-refractivity contribution in [3.05, 3.63) is 53.6 Å². The number of hydrogen-bond acceptors (Lipinski definition) is 3. The third kappa shape index (κ3) is 5.11. The molecule has 26 heavy (non-hydrogen) atoms. The Hall–Kier alpha value is -2.27. The first-order valence-electron chi connectivity index (χ1n) is 8.87. The lowest BCUT2D eigenvalue weighted by Crippen LogP contribution is -2.31. The minimum absolute atomic E-state index is 0.0283. The Balaban J connectivity index is 2.03. The number of methoxy groups -OCH3 is 2. The molecule has 0 aromatic heterocycles. The van der Waals surface area contributed by atoms with Crippen molar-refractivity contribution in [3.8, 4) is 11.5 Å². The lowest BCUT2D eigenvalue weighted by Gasteiger charge is -2.20. The van der Waals surface area contributed by atoms with Crippen LogP contribution in [0.15, 0.2) is 42.5 Å². The third-order valence-corrected chi connectivity index (χ3v) is 4.82. The summed E-state index contributed by atoms with van der Waals surface area (Å²) in [6, 6.07) is 14.1. The van der Waals surface area contributed by atoms with Crippen LogP contribution in [0.4, 0.5) is 5.69 Å². The molecule has 2 atom stereocenters. The quantitative estimate of drug-likeness (QED) is 0.649. The van der Waals surface area contributed by atoms with Gasteiger partial charge in [0, 0.05) is 11.3 Å². The molecule has 0 saturated carbocycles. The summed E-state index contributed by atoms with van der Waals surface area (Å²) in [4.78, 5) is 0. The van der Waals surface area contributed by atoms with E-state index in [0.29, 0.717) is 11.0 Å². The van der Waals surface area contributed by atoms with Gasteiger partial charge in [0.25, 0.3) is 0 Å². The second kappa shape index (κ2) is 9.43. The molecule has 2 N–H and O–H groups in total. The average molecular weight is 373 g/mol. The van der Waals surface area contributed by atoms with E-state index in [9.17, 15) is 0 Å². The molecule has 0 amide bonds. The standard InChI is InChI=1S/C21H28N2O2S/c1-6-14(2)16-7-9-17(10-8-16)23-21(26)22-15(3)19-13-18(24-4)11-12-20(19)25-5/h7-15H,6H2,1-5H3,(H2,22,23,26)/t14-,15-/m0/s1. The van der Waals surface area contributed by atoms with E-state index in [1.807, 2.05) is 25.1 Å². The van der Waals surface area contributed by atoms with E-state index in [2.05, 4.69) is 48.7 Å². The van der Waals surface area contributed by atoms with Gasteiger partial charge >= 0.3 is 0 Å². The number of anilines is 1. The topological polar surface area (TPSA) is 42.5 Å². The zero-order chi connectivity index (χ0) is 19.1. The minimum atomic E-state index is -0.0283. The molecule has 0 saturated heterocycles. The van der Waals surface area contributed by atoms with Crippen molar-refractivity contribution in [2.45, 2.75) is 39.2 Å². The maximum Gasteiger partial charge on any atom is 0.171 e. The largest absolute Gasteiger partial charge is 0.497 e. The molecule has 0 aliphatic rings. The molecule has 4 nitrogen and oxygen atoms in total. The summed E-state index contributed by atoms with van der Waals surface area (Å²) in [7, 11) is 3.31. The fraction of sp³-hybridized carbons (Fsp3) is 0.381. The molecule has 0 bridgehead atoms. The molecular formula is C21H28N2O2S. The Bertz CT molecular complexity index is 731. The van der Waals surface area contributed by atoms with Gasteiger partial charge in [0.2, 0.25) is 0 Å². The number of nitrogens with one attached hydrogen (secondary N) is 2. The van der Waals surface area contributed by atoms with Gasteiger partial charge < -0.3 is 20.1 Å². The number of rotatable bonds is 7. The molecule has 0 spiro atoms.